The van der Waals surface area contributed by atoms with E-state index in [0.717, 1.165) is 61.4 Å². The van der Waals surface area contributed by atoms with E-state index < -0.39 is 9.84 Å². The SMILES string of the molecule is O=S1(=O)c2ccccc2Oc2cc3c(cc21)-c1ccccc1-c1cc(-n2c4ccccc4c4ccccc42)ccc1-c1cccnc1-3. The van der Waals surface area contributed by atoms with E-state index in [-0.39, 0.29) is 9.79 Å². The molecule has 0 fully saturated rings. The molecule has 0 N–H and O–H groups in total. The summed E-state index contributed by atoms with van der Waals surface area (Å²) >= 11 is 0. The van der Waals surface area contributed by atoms with Gasteiger partial charge in [-0.05, 0) is 82.4 Å². The molecule has 5 nitrogen and oxygen atoms in total. The van der Waals surface area contributed by atoms with E-state index in [1.54, 1.807) is 36.5 Å². The summed E-state index contributed by atoms with van der Waals surface area (Å²) in [5.74, 6) is 0.634. The lowest BCUT2D eigenvalue weighted by Crippen LogP contribution is -2.12. The van der Waals surface area contributed by atoms with Crippen LogP contribution in [0.2, 0.25) is 0 Å². The van der Waals surface area contributed by atoms with Crippen LogP contribution < -0.4 is 4.74 Å². The fourth-order valence-corrected chi connectivity index (χ4v) is 8.89. The number of sulfone groups is 1. The van der Waals surface area contributed by atoms with Crippen molar-refractivity contribution in [3.8, 4) is 61.8 Å². The number of para-hydroxylation sites is 3. The van der Waals surface area contributed by atoms with Gasteiger partial charge in [0, 0.05) is 33.8 Å². The number of fused-ring (bicyclic) bond motifs is 13. The summed E-state index contributed by atoms with van der Waals surface area (Å²) < 4.78 is 36.5. The van der Waals surface area contributed by atoms with Gasteiger partial charge in [-0.2, -0.15) is 0 Å². The Kier molecular flexibility index (Phi) is 5.32. The summed E-state index contributed by atoms with van der Waals surface area (Å²) in [5.41, 5.74) is 10.7. The van der Waals surface area contributed by atoms with E-state index in [0.29, 0.717) is 11.5 Å². The molecule has 0 saturated heterocycles. The molecule has 222 valence electrons. The zero-order valence-electron chi connectivity index (χ0n) is 24.9. The van der Waals surface area contributed by atoms with Gasteiger partial charge in [-0.1, -0.05) is 84.9 Å². The van der Waals surface area contributed by atoms with E-state index >= 15 is 0 Å². The Morgan fingerprint density at radius 1 is 0.489 bits per heavy atom. The highest BCUT2D eigenvalue weighted by Gasteiger charge is 2.34. The van der Waals surface area contributed by atoms with Gasteiger partial charge in [0.05, 0.1) is 16.7 Å². The molecule has 3 heterocycles. The minimum absolute atomic E-state index is 0.155. The molecule has 47 heavy (non-hydrogen) atoms. The summed E-state index contributed by atoms with van der Waals surface area (Å²) in [5, 5.41) is 2.40. The van der Waals surface area contributed by atoms with Crippen LogP contribution in [0.25, 0.3) is 72.1 Å². The molecule has 0 saturated carbocycles. The first kappa shape index (κ1) is 26.3. The third-order valence-corrected chi connectivity index (χ3v) is 11.2. The van der Waals surface area contributed by atoms with Crippen LogP contribution in [0, 0.1) is 0 Å². The molecule has 1 aliphatic heterocycles. The summed E-state index contributed by atoms with van der Waals surface area (Å²) in [7, 11) is -3.82. The van der Waals surface area contributed by atoms with Gasteiger partial charge >= 0.3 is 0 Å². The normalized spacial score (nSPS) is 13.6. The maximum atomic E-state index is 14.0. The van der Waals surface area contributed by atoms with Crippen LogP contribution in [0.3, 0.4) is 0 Å². The van der Waals surface area contributed by atoms with Crippen molar-refractivity contribution in [2.45, 2.75) is 9.79 Å². The lowest BCUT2D eigenvalue weighted by molar-refractivity contribution is 0.443. The number of pyridine rings is 1. The van der Waals surface area contributed by atoms with Gasteiger partial charge in [0.25, 0.3) is 0 Å². The van der Waals surface area contributed by atoms with Crippen molar-refractivity contribution in [3.05, 3.63) is 146 Å². The largest absolute Gasteiger partial charge is 0.455 e. The molecule has 6 heteroatoms. The van der Waals surface area contributed by atoms with E-state index in [1.165, 1.54) is 10.8 Å². The Morgan fingerprint density at radius 2 is 1.11 bits per heavy atom. The molecule has 6 aromatic carbocycles. The first-order valence-corrected chi connectivity index (χ1v) is 16.9. The van der Waals surface area contributed by atoms with Crippen LogP contribution in [0.1, 0.15) is 0 Å². The summed E-state index contributed by atoms with van der Waals surface area (Å²) in [6.45, 7) is 0. The van der Waals surface area contributed by atoms with Crippen LogP contribution in [-0.2, 0) is 9.84 Å². The molecule has 10 rings (SSSR count). The van der Waals surface area contributed by atoms with E-state index in [2.05, 4.69) is 89.5 Å². The van der Waals surface area contributed by atoms with Crippen molar-refractivity contribution < 1.29 is 13.2 Å². The second-order valence-corrected chi connectivity index (χ2v) is 13.8. The predicted octanol–water partition coefficient (Wildman–Crippen LogP) is 10.1. The van der Waals surface area contributed by atoms with Crippen LogP contribution in [0.4, 0.5) is 0 Å². The highest BCUT2D eigenvalue weighted by Crippen LogP contribution is 2.52. The van der Waals surface area contributed by atoms with Gasteiger partial charge < -0.3 is 9.30 Å². The van der Waals surface area contributed by atoms with Crippen LogP contribution >= 0.6 is 0 Å². The smallest absolute Gasteiger partial charge is 0.213 e. The third-order valence-electron chi connectivity index (χ3n) is 9.43. The number of hydrogen-bond acceptors (Lipinski definition) is 4. The number of ether oxygens (including phenoxy) is 1. The summed E-state index contributed by atoms with van der Waals surface area (Å²) in [4.78, 5) is 5.23. The second-order valence-electron chi connectivity index (χ2n) is 11.9. The second kappa shape index (κ2) is 9.52. The lowest BCUT2D eigenvalue weighted by atomic mass is 9.82. The molecule has 1 aliphatic carbocycles. The molecule has 2 aromatic heterocycles. The van der Waals surface area contributed by atoms with Crippen molar-refractivity contribution >= 4 is 31.6 Å². The van der Waals surface area contributed by atoms with Crippen molar-refractivity contribution in [3.63, 3.8) is 0 Å². The molecule has 0 bridgehead atoms. The molecular weight excluding hydrogens is 601 g/mol. The number of rotatable bonds is 1. The van der Waals surface area contributed by atoms with Crippen molar-refractivity contribution in [1.82, 2.24) is 9.55 Å². The van der Waals surface area contributed by atoms with Gasteiger partial charge in [-0.25, -0.2) is 8.42 Å². The number of hydrogen-bond donors (Lipinski definition) is 0. The maximum absolute atomic E-state index is 14.0. The number of aromatic nitrogens is 2. The minimum atomic E-state index is -3.82. The van der Waals surface area contributed by atoms with Crippen LogP contribution in [0.15, 0.2) is 156 Å². The molecule has 0 atom stereocenters. The highest BCUT2D eigenvalue weighted by atomic mass is 32.2. The molecule has 2 aliphatic rings. The Balaban J connectivity index is 1.28. The summed E-state index contributed by atoms with van der Waals surface area (Å²) in [6, 6.07) is 46.3. The summed E-state index contributed by atoms with van der Waals surface area (Å²) in [6.07, 6.45) is 1.79. The van der Waals surface area contributed by atoms with Crippen molar-refractivity contribution in [1.29, 1.82) is 0 Å². The van der Waals surface area contributed by atoms with E-state index in [1.807, 2.05) is 24.3 Å². The first-order valence-electron chi connectivity index (χ1n) is 15.5. The van der Waals surface area contributed by atoms with Gasteiger partial charge in [0.15, 0.2) is 0 Å². The van der Waals surface area contributed by atoms with Gasteiger partial charge in [-0.15, -0.1) is 0 Å². The van der Waals surface area contributed by atoms with Gasteiger partial charge in [0.2, 0.25) is 9.84 Å². The standard InChI is InChI=1S/C41H24N2O3S/c44-47(45)39-18-8-7-17-37(39)46-38-23-34-33(24-40(38)47)27-11-2-1-10-26(27)32-22-25(19-20-28(32)31-14-9-21-42-41(31)34)43-35-15-5-3-12-29(35)30-13-4-6-16-36(30)43/h1-24H. The van der Waals surface area contributed by atoms with E-state index in [9.17, 15) is 8.42 Å². The Morgan fingerprint density at radius 3 is 1.87 bits per heavy atom. The average Bonchev–Trinajstić information content (AvgIpc) is 3.45. The monoisotopic (exact) mass is 624 g/mol. The molecule has 0 amide bonds. The minimum Gasteiger partial charge on any atom is -0.455 e. The molecule has 0 spiro atoms. The maximum Gasteiger partial charge on any atom is 0.213 e. The van der Waals surface area contributed by atoms with Crippen molar-refractivity contribution in [2.75, 3.05) is 0 Å². The quantitative estimate of drug-likeness (QED) is 0.182. The number of benzene rings is 6. The molecule has 0 unspecified atom stereocenters. The Hall–Kier alpha value is -5.98. The van der Waals surface area contributed by atoms with Crippen molar-refractivity contribution in [2.24, 2.45) is 0 Å². The van der Waals surface area contributed by atoms with Gasteiger partial charge in [-0.3, -0.25) is 4.98 Å². The fourth-order valence-electron chi connectivity index (χ4n) is 7.38. The van der Waals surface area contributed by atoms with Gasteiger partial charge in [0.1, 0.15) is 21.3 Å². The zero-order valence-corrected chi connectivity index (χ0v) is 25.7. The lowest BCUT2D eigenvalue weighted by Gasteiger charge is -2.26. The molecule has 8 aromatic rings. The molecular formula is C41H24N2O3S. The zero-order chi connectivity index (χ0) is 31.3. The fraction of sp³-hybridized carbons (Fsp3) is 0. The molecule has 0 radical (unpaired) electrons. The average molecular weight is 625 g/mol. The predicted molar refractivity (Wildman–Crippen MR) is 186 cm³/mol. The topological polar surface area (TPSA) is 61.2 Å². The first-order chi connectivity index (χ1) is 23.1. The third kappa shape index (κ3) is 3.64. The highest BCUT2D eigenvalue weighted by molar-refractivity contribution is 7.91. The number of nitrogens with zero attached hydrogens (tertiary/aromatic N) is 2. The van der Waals surface area contributed by atoms with Crippen LogP contribution in [0.5, 0.6) is 11.5 Å². The Bertz CT molecular complexity index is 2690. The Labute approximate surface area is 270 Å². The van der Waals surface area contributed by atoms with Crippen LogP contribution in [-0.4, -0.2) is 18.0 Å². The van der Waals surface area contributed by atoms with E-state index in [4.69, 9.17) is 9.72 Å².